The highest BCUT2D eigenvalue weighted by atomic mass is 35.5. The van der Waals surface area contributed by atoms with Crippen LogP contribution in [0.4, 0.5) is 10.2 Å². The van der Waals surface area contributed by atoms with Crippen molar-refractivity contribution in [3.05, 3.63) is 41.1 Å². The number of amides is 1. The van der Waals surface area contributed by atoms with Gasteiger partial charge in [0.1, 0.15) is 5.69 Å². The lowest BCUT2D eigenvalue weighted by molar-refractivity contribution is 0.0735. The van der Waals surface area contributed by atoms with E-state index in [0.717, 1.165) is 0 Å². The first-order chi connectivity index (χ1) is 10.6. The number of rotatable bonds is 2. The molecule has 0 saturated carbocycles. The molecule has 0 aliphatic carbocycles. The Kier molecular flexibility index (Phi) is 3.98. The van der Waals surface area contributed by atoms with E-state index < -0.39 is 5.82 Å². The molecule has 3 rings (SSSR count). The third-order valence-corrected chi connectivity index (χ3v) is 3.90. The molecule has 1 fully saturated rings. The molecule has 1 amide bonds. The standard InChI is InChI=1S/C14H15ClFN5O/c1-19-12(2-3-18-19)14(22)21-6-4-20(5-7-21)13-11(16)8-10(15)9-17-13/h2-3,8-9H,4-7H2,1H3. The lowest BCUT2D eigenvalue weighted by atomic mass is 10.2. The Morgan fingerprint density at radius 1 is 1.32 bits per heavy atom. The summed E-state index contributed by atoms with van der Waals surface area (Å²) < 4.78 is 15.4. The van der Waals surface area contributed by atoms with E-state index >= 15 is 0 Å². The number of aryl methyl sites for hydroxylation is 1. The highest BCUT2D eigenvalue weighted by molar-refractivity contribution is 6.30. The topological polar surface area (TPSA) is 54.3 Å². The maximum absolute atomic E-state index is 13.9. The Hall–Kier alpha value is -2.15. The van der Waals surface area contributed by atoms with Crippen molar-refractivity contribution in [1.29, 1.82) is 0 Å². The third kappa shape index (κ3) is 2.76. The minimum absolute atomic E-state index is 0.0656. The van der Waals surface area contributed by atoms with Crippen LogP contribution in [0.15, 0.2) is 24.5 Å². The number of anilines is 1. The van der Waals surface area contributed by atoms with Gasteiger partial charge in [-0.2, -0.15) is 5.10 Å². The van der Waals surface area contributed by atoms with Crippen LogP contribution in [-0.4, -0.2) is 51.8 Å². The number of hydrogen-bond acceptors (Lipinski definition) is 4. The SMILES string of the molecule is Cn1nccc1C(=O)N1CCN(c2ncc(Cl)cc2F)CC1. The Labute approximate surface area is 132 Å². The molecular weight excluding hydrogens is 309 g/mol. The highest BCUT2D eigenvalue weighted by Crippen LogP contribution is 2.21. The van der Waals surface area contributed by atoms with Crippen molar-refractivity contribution in [3.8, 4) is 0 Å². The quantitative estimate of drug-likeness (QED) is 0.842. The van der Waals surface area contributed by atoms with Crippen LogP contribution in [0, 0.1) is 5.82 Å². The third-order valence-electron chi connectivity index (χ3n) is 3.69. The molecule has 1 aliphatic rings. The average Bonchev–Trinajstić information content (AvgIpc) is 2.93. The molecule has 6 nitrogen and oxygen atoms in total. The van der Waals surface area contributed by atoms with Gasteiger partial charge in [0.2, 0.25) is 0 Å². The van der Waals surface area contributed by atoms with E-state index in [4.69, 9.17) is 11.6 Å². The van der Waals surface area contributed by atoms with Gasteiger partial charge in [-0.3, -0.25) is 9.48 Å². The molecule has 1 saturated heterocycles. The second-order valence-electron chi connectivity index (χ2n) is 5.08. The maximum Gasteiger partial charge on any atom is 0.272 e. The first-order valence-electron chi connectivity index (χ1n) is 6.89. The van der Waals surface area contributed by atoms with Crippen LogP contribution in [0.5, 0.6) is 0 Å². The van der Waals surface area contributed by atoms with E-state index in [9.17, 15) is 9.18 Å². The Balaban J connectivity index is 1.68. The minimum atomic E-state index is -0.445. The Morgan fingerprint density at radius 3 is 2.64 bits per heavy atom. The monoisotopic (exact) mass is 323 g/mol. The summed E-state index contributed by atoms with van der Waals surface area (Å²) >= 11 is 5.71. The zero-order valence-corrected chi connectivity index (χ0v) is 12.8. The smallest absolute Gasteiger partial charge is 0.272 e. The lowest BCUT2D eigenvalue weighted by Gasteiger charge is -2.35. The van der Waals surface area contributed by atoms with Gasteiger partial charge in [0.15, 0.2) is 11.6 Å². The Bertz CT molecular complexity index is 696. The predicted molar refractivity (Wildman–Crippen MR) is 80.5 cm³/mol. The van der Waals surface area contributed by atoms with E-state index in [1.807, 2.05) is 4.90 Å². The van der Waals surface area contributed by atoms with E-state index in [0.29, 0.717) is 31.9 Å². The van der Waals surface area contributed by atoms with Crippen LogP contribution in [0.3, 0.4) is 0 Å². The predicted octanol–water partition coefficient (Wildman–Crippen LogP) is 1.57. The van der Waals surface area contributed by atoms with Crippen molar-refractivity contribution in [2.45, 2.75) is 0 Å². The fraction of sp³-hybridized carbons (Fsp3) is 0.357. The number of carbonyl (C=O) groups is 1. The van der Waals surface area contributed by atoms with Crippen LogP contribution in [0.2, 0.25) is 5.02 Å². The number of aromatic nitrogens is 3. The Morgan fingerprint density at radius 2 is 2.05 bits per heavy atom. The van der Waals surface area contributed by atoms with E-state index in [1.54, 1.807) is 28.9 Å². The van der Waals surface area contributed by atoms with Gasteiger partial charge in [-0.05, 0) is 12.1 Å². The molecule has 0 N–H and O–H groups in total. The molecule has 0 aromatic carbocycles. The number of piperazine rings is 1. The molecule has 0 bridgehead atoms. The van der Waals surface area contributed by atoms with Crippen molar-refractivity contribution in [1.82, 2.24) is 19.7 Å². The molecule has 0 unspecified atom stereocenters. The van der Waals surface area contributed by atoms with Crippen molar-refractivity contribution in [3.63, 3.8) is 0 Å². The van der Waals surface area contributed by atoms with Crippen LogP contribution in [-0.2, 0) is 7.05 Å². The van der Waals surface area contributed by atoms with Crippen LogP contribution in [0.25, 0.3) is 0 Å². The summed E-state index contributed by atoms with van der Waals surface area (Å²) in [6.07, 6.45) is 3.02. The molecule has 22 heavy (non-hydrogen) atoms. The molecule has 1 aliphatic heterocycles. The molecule has 0 spiro atoms. The van der Waals surface area contributed by atoms with Crippen molar-refractivity contribution in [2.75, 3.05) is 31.1 Å². The van der Waals surface area contributed by atoms with Gasteiger partial charge in [-0.1, -0.05) is 11.6 Å². The second-order valence-corrected chi connectivity index (χ2v) is 5.51. The van der Waals surface area contributed by atoms with Crippen molar-refractivity contribution in [2.24, 2.45) is 7.05 Å². The van der Waals surface area contributed by atoms with Crippen molar-refractivity contribution < 1.29 is 9.18 Å². The summed E-state index contributed by atoms with van der Waals surface area (Å²) in [5.41, 5.74) is 0.546. The molecule has 8 heteroatoms. The second kappa shape index (κ2) is 5.92. The zero-order chi connectivity index (χ0) is 15.7. The normalized spacial score (nSPS) is 15.2. The number of nitrogens with zero attached hydrogens (tertiary/aromatic N) is 5. The fourth-order valence-corrected chi connectivity index (χ4v) is 2.65. The van der Waals surface area contributed by atoms with Gasteiger partial charge in [0, 0.05) is 45.6 Å². The van der Waals surface area contributed by atoms with E-state index in [1.165, 1.54) is 12.3 Å². The maximum atomic E-state index is 13.9. The molecule has 3 heterocycles. The average molecular weight is 324 g/mol. The van der Waals surface area contributed by atoms with E-state index in [-0.39, 0.29) is 16.7 Å². The van der Waals surface area contributed by atoms with Crippen molar-refractivity contribution >= 4 is 23.3 Å². The molecule has 116 valence electrons. The van der Waals surface area contributed by atoms with Gasteiger partial charge < -0.3 is 9.80 Å². The lowest BCUT2D eigenvalue weighted by Crippen LogP contribution is -2.49. The van der Waals surface area contributed by atoms with Gasteiger partial charge in [0.25, 0.3) is 5.91 Å². The largest absolute Gasteiger partial charge is 0.351 e. The van der Waals surface area contributed by atoms with Gasteiger partial charge in [-0.25, -0.2) is 9.37 Å². The molecular formula is C14H15ClFN5O. The van der Waals surface area contributed by atoms with Gasteiger partial charge >= 0.3 is 0 Å². The van der Waals surface area contributed by atoms with Gasteiger partial charge in [0.05, 0.1) is 5.02 Å². The van der Waals surface area contributed by atoms with Gasteiger partial charge in [-0.15, -0.1) is 0 Å². The summed E-state index contributed by atoms with van der Waals surface area (Å²) in [6.45, 7) is 2.06. The minimum Gasteiger partial charge on any atom is -0.351 e. The summed E-state index contributed by atoms with van der Waals surface area (Å²) in [4.78, 5) is 20.0. The first-order valence-corrected chi connectivity index (χ1v) is 7.27. The zero-order valence-electron chi connectivity index (χ0n) is 12.0. The number of hydrogen-bond donors (Lipinski definition) is 0. The first kappa shape index (κ1) is 14.8. The molecule has 0 radical (unpaired) electrons. The summed E-state index contributed by atoms with van der Waals surface area (Å²) in [5, 5.41) is 4.27. The molecule has 2 aromatic heterocycles. The van der Waals surface area contributed by atoms with Crippen LogP contribution < -0.4 is 4.90 Å². The fourth-order valence-electron chi connectivity index (χ4n) is 2.51. The number of pyridine rings is 1. The highest BCUT2D eigenvalue weighted by Gasteiger charge is 2.25. The van der Waals surface area contributed by atoms with E-state index in [2.05, 4.69) is 10.1 Å². The number of carbonyl (C=O) groups excluding carboxylic acids is 1. The number of halogens is 2. The van der Waals surface area contributed by atoms with Crippen LogP contribution in [0.1, 0.15) is 10.5 Å². The molecule has 2 aromatic rings. The summed E-state index contributed by atoms with van der Waals surface area (Å²) in [7, 11) is 1.73. The van der Waals surface area contributed by atoms with Crippen LogP contribution >= 0.6 is 11.6 Å². The molecule has 0 atom stereocenters. The summed E-state index contributed by atoms with van der Waals surface area (Å²) in [6, 6.07) is 2.94. The summed E-state index contributed by atoms with van der Waals surface area (Å²) in [5.74, 6) is -0.236.